The number of thioether (sulfide) groups is 1. The number of nitrogens with zero attached hydrogens (tertiary/aromatic N) is 4. The number of carboxylic acids is 1. The third-order valence-corrected chi connectivity index (χ3v) is 5.26. The van der Waals surface area contributed by atoms with Crippen LogP contribution in [0.5, 0.6) is 5.75 Å². The molecule has 0 aliphatic heterocycles. The molecule has 0 spiro atoms. The first-order valence-corrected chi connectivity index (χ1v) is 11.2. The average Bonchev–Trinajstić information content (AvgIpc) is 2.77. The minimum Gasteiger partial charge on any atom is -0.508 e. The smallest absolute Gasteiger partial charge is 0.508 e. The molecule has 1 unspecified atom stereocenters. The third-order valence-electron chi connectivity index (χ3n) is 3.83. The topological polar surface area (TPSA) is 119 Å². The molecule has 0 fully saturated rings. The maximum atomic E-state index is 11.6. The summed E-state index contributed by atoms with van der Waals surface area (Å²) < 4.78 is 0.605. The molecule has 0 aliphatic carbocycles. The van der Waals surface area contributed by atoms with Crippen LogP contribution in [0.25, 0.3) is 0 Å². The fraction of sp³-hybridized carbons (Fsp3) is 0.150. The zero-order chi connectivity index (χ0) is 22.6. The molecular formula is C20H23N5NiO3S3+4. The number of aromatic hydroxyl groups is 1. The Bertz CT molecular complexity index is 999. The molecule has 0 aliphatic rings. The van der Waals surface area contributed by atoms with Gasteiger partial charge in [0.25, 0.3) is 4.38 Å². The first-order chi connectivity index (χ1) is 14.9. The van der Waals surface area contributed by atoms with Crippen LogP contribution in [0.4, 0.5) is 0 Å². The number of nitrogens with one attached hydrogen (secondary N) is 1. The molecule has 2 aromatic carbocycles. The van der Waals surface area contributed by atoms with Crippen LogP contribution in [0, 0.1) is 0 Å². The van der Waals surface area contributed by atoms with E-state index in [1.807, 2.05) is 36.6 Å². The first kappa shape index (κ1) is 27.8. The Morgan fingerprint density at radius 3 is 2.34 bits per heavy atom. The summed E-state index contributed by atoms with van der Waals surface area (Å²) in [5, 5.41) is 38.0. The minimum absolute atomic E-state index is 0. The van der Waals surface area contributed by atoms with Gasteiger partial charge in [-0.15, -0.1) is 5.10 Å². The molecular weight excluding hydrogens is 513 g/mol. The molecule has 0 amide bonds. The number of amidine groups is 1. The minimum atomic E-state index is -1.05. The number of rotatable bonds is 8. The summed E-state index contributed by atoms with van der Waals surface area (Å²) in [7, 11) is 0. The van der Waals surface area contributed by atoms with Crippen molar-refractivity contribution < 1.29 is 31.5 Å². The van der Waals surface area contributed by atoms with Crippen LogP contribution in [0.15, 0.2) is 75.0 Å². The van der Waals surface area contributed by atoms with Crippen LogP contribution in [-0.2, 0) is 53.0 Å². The van der Waals surface area contributed by atoms with Gasteiger partial charge < -0.3 is 15.5 Å². The van der Waals surface area contributed by atoms with Gasteiger partial charge in [0.1, 0.15) is 17.5 Å². The van der Waals surface area contributed by atoms with Gasteiger partial charge in [-0.1, -0.05) is 64.4 Å². The molecule has 0 saturated heterocycles. The van der Waals surface area contributed by atoms with E-state index in [1.54, 1.807) is 12.1 Å². The van der Waals surface area contributed by atoms with E-state index in [1.165, 1.54) is 30.1 Å². The van der Waals surface area contributed by atoms with Gasteiger partial charge in [0.2, 0.25) is 0 Å². The van der Waals surface area contributed by atoms with E-state index in [0.717, 1.165) is 11.1 Å². The van der Waals surface area contributed by atoms with Crippen molar-refractivity contribution in [2.75, 3.05) is 6.26 Å². The van der Waals surface area contributed by atoms with E-state index < -0.39 is 12.0 Å². The van der Waals surface area contributed by atoms with E-state index in [4.69, 9.17) is 0 Å². The number of carboxylic acid groups (broad SMARTS) is 1. The molecule has 0 saturated carbocycles. The summed E-state index contributed by atoms with van der Waals surface area (Å²) in [5.74, 6) is -0.937. The summed E-state index contributed by atoms with van der Waals surface area (Å²) in [6.45, 7) is 0. The Hall–Kier alpha value is -2.27. The molecule has 3 N–H and O–H groups in total. The Morgan fingerprint density at radius 2 is 1.75 bits per heavy atom. The summed E-state index contributed by atoms with van der Waals surface area (Å²) in [4.78, 5) is 11.6. The largest absolute Gasteiger partial charge is 2.00 e. The standard InChI is InChI=1S/C20H21N5O3S3.Ni/c1-31-20(30)25-21-12-17(14-5-3-2-4-6-14)23-24-19(29)22-16(18(27)28)11-13-7-9-15(26)10-8-13;/h2-10,12,16,26H,11H2,1H3,(H,25,30)(H,27,28)(H2,22,24,29);/q;+2/p+2. The van der Waals surface area contributed by atoms with Crippen LogP contribution in [0.2, 0.25) is 0 Å². The Balaban J connectivity index is 0.00000512. The number of phenols is 1. The molecule has 32 heavy (non-hydrogen) atoms. The van der Waals surface area contributed by atoms with Gasteiger partial charge in [-0.3, -0.25) is 0 Å². The quantitative estimate of drug-likeness (QED) is 0.155. The van der Waals surface area contributed by atoms with E-state index in [0.29, 0.717) is 10.1 Å². The van der Waals surface area contributed by atoms with Crippen LogP contribution in [-0.4, -0.2) is 49.9 Å². The molecule has 2 rings (SSSR count). The van der Waals surface area contributed by atoms with Gasteiger partial charge in [0, 0.05) is 37.2 Å². The van der Waals surface area contributed by atoms with Crippen LogP contribution in [0.1, 0.15) is 11.1 Å². The van der Waals surface area contributed by atoms with Crippen LogP contribution >= 0.6 is 11.8 Å². The predicted molar refractivity (Wildman–Crippen MR) is 137 cm³/mol. The molecule has 0 aromatic heterocycles. The number of benzene rings is 2. The molecule has 170 valence electrons. The van der Waals surface area contributed by atoms with Gasteiger partial charge >= 0.3 is 27.6 Å². The molecule has 8 nitrogen and oxygen atoms in total. The number of hydrogen-bond acceptors (Lipinski definition) is 7. The normalized spacial score (nSPS) is 13.5. The second-order valence-corrected chi connectivity index (χ2v) is 8.16. The molecule has 2 aromatic rings. The van der Waals surface area contributed by atoms with E-state index >= 15 is 0 Å². The zero-order valence-corrected chi connectivity index (χ0v) is 20.7. The maximum Gasteiger partial charge on any atom is 2.00 e. The van der Waals surface area contributed by atoms with E-state index in [-0.39, 0.29) is 33.8 Å². The maximum absolute atomic E-state index is 11.6. The summed E-state index contributed by atoms with van der Waals surface area (Å²) in [5.41, 5.74) is 1.95. The van der Waals surface area contributed by atoms with Crippen molar-refractivity contribution >= 4 is 64.5 Å². The molecule has 0 heterocycles. The van der Waals surface area contributed by atoms with E-state index in [9.17, 15) is 15.0 Å². The number of carbonyl (C=O) groups is 1. The third kappa shape index (κ3) is 9.90. The average molecular weight is 536 g/mol. The number of aliphatic carboxylic acids is 1. The van der Waals surface area contributed by atoms with Crippen molar-refractivity contribution in [1.82, 2.24) is 5.32 Å². The summed E-state index contributed by atoms with van der Waals surface area (Å²) >= 11 is 7.99. The Morgan fingerprint density at radius 1 is 1.09 bits per heavy atom. The van der Waals surface area contributed by atoms with Crippen molar-refractivity contribution in [3.05, 3.63) is 65.7 Å². The van der Waals surface area contributed by atoms with E-state index in [2.05, 4.69) is 51.0 Å². The van der Waals surface area contributed by atoms with Crippen molar-refractivity contribution in [3.8, 4) is 5.75 Å². The Labute approximate surface area is 211 Å². The van der Waals surface area contributed by atoms with Crippen molar-refractivity contribution in [1.29, 1.82) is 0 Å². The molecule has 0 radical (unpaired) electrons. The molecule has 12 heteroatoms. The first-order valence-electron chi connectivity index (χ1n) is 8.95. The van der Waals surface area contributed by atoms with Crippen molar-refractivity contribution in [3.63, 3.8) is 0 Å². The predicted octanol–water partition coefficient (Wildman–Crippen LogP) is 1.46. The number of hydrogen-bond donors (Lipinski definition) is 3. The summed E-state index contributed by atoms with van der Waals surface area (Å²) in [6, 6.07) is 14.7. The SMILES string of the molecule is CSC([SH2+])=NN=CC(=N/N=C(\[SH2+])NC(Cc1ccc(O)cc1)C(=O)O)c1ccccc1.[Ni+2]. The second kappa shape index (κ2) is 14.7. The monoisotopic (exact) mass is 535 g/mol. The zero-order valence-electron chi connectivity index (χ0n) is 16.9. The van der Waals surface area contributed by atoms with Gasteiger partial charge in [-0.2, -0.15) is 5.10 Å². The molecule has 0 bridgehead atoms. The van der Waals surface area contributed by atoms with Gasteiger partial charge in [0.15, 0.2) is 0 Å². The van der Waals surface area contributed by atoms with Crippen LogP contribution in [0.3, 0.4) is 0 Å². The van der Waals surface area contributed by atoms with Crippen molar-refractivity contribution in [2.45, 2.75) is 12.5 Å². The summed E-state index contributed by atoms with van der Waals surface area (Å²) in [6.07, 6.45) is 3.50. The van der Waals surface area contributed by atoms with Gasteiger partial charge in [-0.05, 0) is 24.0 Å². The fourth-order valence-corrected chi connectivity index (χ4v) is 2.72. The van der Waals surface area contributed by atoms with Gasteiger partial charge in [-0.25, -0.2) is 4.79 Å². The molecule has 1 atom stereocenters. The Kier molecular flexibility index (Phi) is 12.8. The van der Waals surface area contributed by atoms with Crippen molar-refractivity contribution in [2.24, 2.45) is 20.4 Å². The number of phenolic OH excluding ortho intramolecular Hbond substituents is 1. The fourth-order valence-electron chi connectivity index (χ4n) is 2.31. The van der Waals surface area contributed by atoms with Crippen LogP contribution < -0.4 is 5.32 Å². The second-order valence-electron chi connectivity index (χ2n) is 6.06. The van der Waals surface area contributed by atoms with Gasteiger partial charge in [0.05, 0.1) is 6.21 Å².